The van der Waals surface area contributed by atoms with Gasteiger partial charge in [0.1, 0.15) is 31.4 Å². The minimum absolute atomic E-state index is 0.0121. The Labute approximate surface area is 156 Å². The molecule has 1 saturated heterocycles. The number of piperazine rings is 1. The molecule has 0 radical (unpaired) electrons. The summed E-state index contributed by atoms with van der Waals surface area (Å²) in [4.78, 5) is 48.8. The summed E-state index contributed by atoms with van der Waals surface area (Å²) in [5.74, 6) is -1.71. The van der Waals surface area contributed by atoms with Crippen LogP contribution in [-0.2, 0) is 28.7 Å². The molecule has 1 atom stereocenters. The van der Waals surface area contributed by atoms with Gasteiger partial charge in [-0.25, -0.2) is 0 Å². The van der Waals surface area contributed by atoms with Crippen LogP contribution < -0.4 is 10.1 Å². The van der Waals surface area contributed by atoms with Crippen molar-refractivity contribution in [3.8, 4) is 5.75 Å². The summed E-state index contributed by atoms with van der Waals surface area (Å²) >= 11 is 0. The molecule has 1 aromatic rings. The molecule has 146 valence electrons. The van der Waals surface area contributed by atoms with Gasteiger partial charge >= 0.3 is 11.9 Å². The molecule has 2 rings (SSSR count). The summed E-state index contributed by atoms with van der Waals surface area (Å²) in [6, 6.07) is 8.04. The van der Waals surface area contributed by atoms with Crippen LogP contribution in [0.5, 0.6) is 5.75 Å². The van der Waals surface area contributed by atoms with E-state index in [1.54, 1.807) is 12.1 Å². The molecule has 2 amide bonds. The maximum absolute atomic E-state index is 12.2. The average Bonchev–Trinajstić information content (AvgIpc) is 2.67. The molecule has 9 heteroatoms. The molecule has 9 nitrogen and oxygen atoms in total. The van der Waals surface area contributed by atoms with E-state index >= 15 is 0 Å². The van der Waals surface area contributed by atoms with Crippen LogP contribution >= 0.6 is 0 Å². The van der Waals surface area contributed by atoms with Crippen molar-refractivity contribution in [2.45, 2.75) is 18.9 Å². The maximum Gasteiger partial charge on any atom is 0.315 e. The van der Waals surface area contributed by atoms with Crippen LogP contribution in [0.15, 0.2) is 30.3 Å². The molecule has 1 N–H and O–H groups in total. The lowest BCUT2D eigenvalue weighted by Gasteiger charge is -2.34. The number of nitrogens with zero attached hydrogens (tertiary/aromatic N) is 1. The Balaban J connectivity index is 1.82. The molecule has 0 saturated carbocycles. The largest absolute Gasteiger partial charge is 0.490 e. The van der Waals surface area contributed by atoms with Crippen LogP contribution in [0.25, 0.3) is 0 Å². The zero-order valence-corrected chi connectivity index (χ0v) is 15.0. The van der Waals surface area contributed by atoms with Crippen molar-refractivity contribution in [1.82, 2.24) is 10.2 Å². The normalized spacial score (nSPS) is 16.3. The summed E-state index contributed by atoms with van der Waals surface area (Å²) in [5.41, 5.74) is 0. The first-order valence-corrected chi connectivity index (χ1v) is 8.48. The number of carbonyl (C=O) groups is 4. The lowest BCUT2D eigenvalue weighted by Crippen LogP contribution is -2.58. The molecule has 0 bridgehead atoms. The van der Waals surface area contributed by atoms with E-state index in [0.717, 1.165) is 0 Å². The van der Waals surface area contributed by atoms with Gasteiger partial charge in [-0.15, -0.1) is 0 Å². The molecule has 0 spiro atoms. The van der Waals surface area contributed by atoms with Crippen molar-refractivity contribution in [3.63, 3.8) is 0 Å². The van der Waals surface area contributed by atoms with Crippen LogP contribution in [-0.4, -0.2) is 68.1 Å². The summed E-state index contributed by atoms with van der Waals surface area (Å²) in [6.45, 7) is 0.634. The highest BCUT2D eigenvalue weighted by atomic mass is 16.6. The number of hydrogen-bond donors (Lipinski definition) is 1. The zero-order valence-electron chi connectivity index (χ0n) is 15.0. The smallest absolute Gasteiger partial charge is 0.315 e. The number of rotatable bonds is 8. The van der Waals surface area contributed by atoms with E-state index in [4.69, 9.17) is 9.47 Å². The number of hydrogen-bond acceptors (Lipinski definition) is 7. The fourth-order valence-electron chi connectivity index (χ4n) is 2.56. The maximum atomic E-state index is 12.2. The lowest BCUT2D eigenvalue weighted by molar-refractivity contribution is -0.154. The molecule has 0 aromatic heterocycles. The first kappa shape index (κ1) is 20.2. The number of benzene rings is 1. The fraction of sp³-hybridized carbons (Fsp3) is 0.444. The second-order valence-corrected chi connectivity index (χ2v) is 5.73. The quantitative estimate of drug-likeness (QED) is 0.382. The van der Waals surface area contributed by atoms with E-state index in [9.17, 15) is 19.2 Å². The second kappa shape index (κ2) is 10.1. The van der Waals surface area contributed by atoms with Gasteiger partial charge in [-0.1, -0.05) is 18.2 Å². The number of methoxy groups -OCH3 is 1. The minimum atomic E-state index is -1.02. The molecular weight excluding hydrogens is 356 g/mol. The number of esters is 2. The van der Waals surface area contributed by atoms with E-state index in [0.29, 0.717) is 5.75 Å². The van der Waals surface area contributed by atoms with Crippen LogP contribution in [0.2, 0.25) is 0 Å². The van der Waals surface area contributed by atoms with E-state index in [1.165, 1.54) is 12.0 Å². The van der Waals surface area contributed by atoms with Gasteiger partial charge in [0.2, 0.25) is 11.8 Å². The molecule has 1 aromatic carbocycles. The minimum Gasteiger partial charge on any atom is -0.490 e. The summed E-state index contributed by atoms with van der Waals surface area (Å²) in [6.07, 6.45) is -0.787. The van der Waals surface area contributed by atoms with Crippen LogP contribution in [0.1, 0.15) is 12.8 Å². The van der Waals surface area contributed by atoms with Gasteiger partial charge in [-0.05, 0) is 12.1 Å². The van der Waals surface area contributed by atoms with Crippen molar-refractivity contribution in [2.75, 3.05) is 33.4 Å². The van der Waals surface area contributed by atoms with Crippen molar-refractivity contribution in [3.05, 3.63) is 30.3 Å². The highest BCUT2D eigenvalue weighted by molar-refractivity contribution is 5.98. The van der Waals surface area contributed by atoms with Gasteiger partial charge in [0.25, 0.3) is 0 Å². The first-order chi connectivity index (χ1) is 13.0. The number of nitrogens with one attached hydrogen (secondary N) is 1. The van der Waals surface area contributed by atoms with Gasteiger partial charge in [-0.2, -0.15) is 0 Å². The van der Waals surface area contributed by atoms with Crippen molar-refractivity contribution >= 4 is 23.8 Å². The molecule has 1 heterocycles. The molecule has 1 unspecified atom stereocenters. The number of amides is 2. The summed E-state index contributed by atoms with van der Waals surface area (Å²) in [5, 5.41) is 2.60. The van der Waals surface area contributed by atoms with Crippen LogP contribution in [0.4, 0.5) is 0 Å². The Bertz CT molecular complexity index is 678. The van der Waals surface area contributed by atoms with Crippen molar-refractivity contribution in [1.29, 1.82) is 0 Å². The second-order valence-electron chi connectivity index (χ2n) is 5.73. The molecule has 1 aliphatic rings. The van der Waals surface area contributed by atoms with E-state index < -0.39 is 36.2 Å². The summed E-state index contributed by atoms with van der Waals surface area (Å²) in [7, 11) is 1.17. The number of ether oxygens (including phenoxy) is 3. The highest BCUT2D eigenvalue weighted by Crippen LogP contribution is 2.12. The average molecular weight is 378 g/mol. The fourth-order valence-corrected chi connectivity index (χ4v) is 2.56. The van der Waals surface area contributed by atoms with Gasteiger partial charge in [0, 0.05) is 13.1 Å². The Morgan fingerprint density at radius 1 is 1.15 bits per heavy atom. The van der Waals surface area contributed by atoms with Gasteiger partial charge in [0.15, 0.2) is 0 Å². The first-order valence-electron chi connectivity index (χ1n) is 8.48. The Morgan fingerprint density at radius 3 is 2.59 bits per heavy atom. The van der Waals surface area contributed by atoms with Crippen LogP contribution in [0.3, 0.4) is 0 Å². The van der Waals surface area contributed by atoms with E-state index in [2.05, 4.69) is 10.1 Å². The zero-order chi connectivity index (χ0) is 19.6. The van der Waals surface area contributed by atoms with Gasteiger partial charge in [-0.3, -0.25) is 19.2 Å². The van der Waals surface area contributed by atoms with Crippen LogP contribution in [0, 0.1) is 0 Å². The van der Waals surface area contributed by atoms with Gasteiger partial charge < -0.3 is 24.4 Å². The van der Waals surface area contributed by atoms with Crippen molar-refractivity contribution < 1.29 is 33.4 Å². The van der Waals surface area contributed by atoms with Gasteiger partial charge in [0.05, 0.1) is 13.5 Å². The predicted octanol–water partition coefficient (Wildman–Crippen LogP) is -0.111. The summed E-state index contributed by atoms with van der Waals surface area (Å²) < 4.78 is 14.9. The Morgan fingerprint density at radius 2 is 1.89 bits per heavy atom. The van der Waals surface area contributed by atoms with E-state index in [-0.39, 0.29) is 32.7 Å². The molecule has 0 aliphatic carbocycles. The number of para-hydroxylation sites is 1. The standard InChI is InChI=1S/C18H22N2O7/c1-25-16(22)12-15(21)20-8-7-19-18(24)14(20)11-17(23)27-10-9-26-13-5-3-2-4-6-13/h2-6,14H,7-12H2,1H3,(H,19,24). The van der Waals surface area contributed by atoms with Crippen molar-refractivity contribution in [2.24, 2.45) is 0 Å². The topological polar surface area (TPSA) is 111 Å². The Kier molecular flexibility index (Phi) is 7.60. The monoisotopic (exact) mass is 378 g/mol. The predicted molar refractivity (Wildman–Crippen MR) is 92.7 cm³/mol. The highest BCUT2D eigenvalue weighted by Gasteiger charge is 2.35. The Hall–Kier alpha value is -3.10. The van der Waals surface area contributed by atoms with E-state index in [1.807, 2.05) is 18.2 Å². The molecule has 1 fully saturated rings. The third-order valence-corrected chi connectivity index (χ3v) is 3.89. The molecule has 27 heavy (non-hydrogen) atoms. The SMILES string of the molecule is COC(=O)CC(=O)N1CCNC(=O)C1CC(=O)OCCOc1ccccc1. The third kappa shape index (κ3) is 6.28. The number of carbonyl (C=O) groups excluding carboxylic acids is 4. The molecule has 1 aliphatic heterocycles. The molecular formula is C18H22N2O7. The lowest BCUT2D eigenvalue weighted by atomic mass is 10.1. The third-order valence-electron chi connectivity index (χ3n) is 3.89.